The summed E-state index contributed by atoms with van der Waals surface area (Å²) >= 11 is 3.10. The zero-order valence-electron chi connectivity index (χ0n) is 7.73. The zero-order valence-corrected chi connectivity index (χ0v) is 9.32. The Morgan fingerprint density at radius 3 is 2.81 bits per heavy atom. The number of carbonyl (C=O) groups excluding carboxylic acids is 1. The highest BCUT2D eigenvalue weighted by molar-refractivity contribution is 9.10. The van der Waals surface area contributed by atoms with Crippen LogP contribution in [-0.4, -0.2) is 16.1 Å². The summed E-state index contributed by atoms with van der Waals surface area (Å²) in [7, 11) is 0. The first-order valence-corrected chi connectivity index (χ1v) is 5.02. The summed E-state index contributed by atoms with van der Waals surface area (Å²) in [5.74, 6) is 0. The van der Waals surface area contributed by atoms with Crippen molar-refractivity contribution in [2.75, 3.05) is 5.32 Å². The highest BCUT2D eigenvalue weighted by Gasteiger charge is 2.26. The summed E-state index contributed by atoms with van der Waals surface area (Å²) in [6.45, 7) is 0. The van der Waals surface area contributed by atoms with Crippen LogP contribution < -0.4 is 10.6 Å². The number of benzene rings is 1. The average Bonchev–Trinajstić information content (AvgIpc) is 2.19. The second-order valence-corrected chi connectivity index (χ2v) is 4.00. The number of fused-ring (bicyclic) bond motifs is 1. The molecule has 3 N–H and O–H groups in total. The normalized spacial score (nSPS) is 18.4. The van der Waals surface area contributed by atoms with Crippen LogP contribution >= 0.6 is 15.9 Å². The van der Waals surface area contributed by atoms with Crippen molar-refractivity contribution in [3.8, 4) is 0 Å². The Morgan fingerprint density at radius 1 is 1.50 bits per heavy atom. The number of anilines is 1. The molecule has 0 fully saturated rings. The molecule has 1 aromatic rings. The molecule has 8 heteroatoms. The predicted octanol–water partition coefficient (Wildman–Crippen LogP) is 1.48. The minimum Gasteiger partial charge on any atom is -0.369 e. The van der Waals surface area contributed by atoms with Gasteiger partial charge in [0.15, 0.2) is 6.23 Å². The largest absolute Gasteiger partial charge is 0.369 e. The molecule has 0 aromatic heterocycles. The molecule has 0 aliphatic carbocycles. The molecule has 1 aromatic carbocycles. The van der Waals surface area contributed by atoms with Gasteiger partial charge in [-0.3, -0.25) is 10.1 Å². The van der Waals surface area contributed by atoms with Gasteiger partial charge >= 0.3 is 6.03 Å². The second-order valence-electron chi connectivity index (χ2n) is 3.15. The van der Waals surface area contributed by atoms with Crippen LogP contribution in [-0.2, 0) is 0 Å². The topological polar surface area (TPSA) is 104 Å². The molecule has 16 heavy (non-hydrogen) atoms. The van der Waals surface area contributed by atoms with Crippen molar-refractivity contribution in [1.82, 2.24) is 5.32 Å². The molecule has 1 aliphatic rings. The van der Waals surface area contributed by atoms with Crippen LogP contribution in [0.15, 0.2) is 16.6 Å². The van der Waals surface area contributed by atoms with Crippen LogP contribution in [0.2, 0.25) is 0 Å². The van der Waals surface area contributed by atoms with Gasteiger partial charge in [0.25, 0.3) is 5.69 Å². The fourth-order valence-corrected chi connectivity index (χ4v) is 1.98. The zero-order chi connectivity index (χ0) is 11.9. The average molecular weight is 288 g/mol. The molecule has 2 rings (SSSR count). The molecule has 84 valence electrons. The Morgan fingerprint density at radius 2 is 2.19 bits per heavy atom. The predicted molar refractivity (Wildman–Crippen MR) is 57.9 cm³/mol. The van der Waals surface area contributed by atoms with E-state index in [0.29, 0.717) is 10.2 Å². The van der Waals surface area contributed by atoms with Gasteiger partial charge in [-0.15, -0.1) is 0 Å². The molecular weight excluding hydrogens is 282 g/mol. The Labute approximate surface area is 97.7 Å². The Balaban J connectivity index is 2.59. The fourth-order valence-electron chi connectivity index (χ4n) is 1.42. The van der Waals surface area contributed by atoms with Crippen molar-refractivity contribution < 1.29 is 14.8 Å². The summed E-state index contributed by atoms with van der Waals surface area (Å²) in [4.78, 5) is 21.1. The highest BCUT2D eigenvalue weighted by Crippen LogP contribution is 2.36. The number of nitrogens with zero attached hydrogens (tertiary/aromatic N) is 1. The fraction of sp³-hybridized carbons (Fsp3) is 0.125. The van der Waals surface area contributed by atoms with Crippen LogP contribution in [0.1, 0.15) is 11.8 Å². The van der Waals surface area contributed by atoms with E-state index in [1.165, 1.54) is 12.1 Å². The number of amides is 2. The SMILES string of the molecule is O=C1Nc2c(Br)cc([N+](=O)[O-])cc2C(O)N1. The van der Waals surface area contributed by atoms with Gasteiger partial charge in [-0.25, -0.2) is 4.79 Å². The van der Waals surface area contributed by atoms with E-state index in [1.54, 1.807) is 0 Å². The number of nitro benzene ring substituents is 1. The van der Waals surface area contributed by atoms with E-state index in [-0.39, 0.29) is 11.3 Å². The monoisotopic (exact) mass is 287 g/mol. The maximum atomic E-state index is 11.1. The lowest BCUT2D eigenvalue weighted by molar-refractivity contribution is -0.385. The van der Waals surface area contributed by atoms with Crippen molar-refractivity contribution in [3.63, 3.8) is 0 Å². The molecule has 1 unspecified atom stereocenters. The van der Waals surface area contributed by atoms with Gasteiger partial charge in [-0.2, -0.15) is 0 Å². The van der Waals surface area contributed by atoms with E-state index in [9.17, 15) is 20.0 Å². The van der Waals surface area contributed by atoms with Gasteiger partial charge in [-0.1, -0.05) is 0 Å². The van der Waals surface area contributed by atoms with Crippen LogP contribution in [0, 0.1) is 10.1 Å². The van der Waals surface area contributed by atoms with Gasteiger partial charge in [0.2, 0.25) is 0 Å². The van der Waals surface area contributed by atoms with Crippen LogP contribution in [0.4, 0.5) is 16.2 Å². The first kappa shape index (κ1) is 10.8. The summed E-state index contributed by atoms with van der Waals surface area (Å²) in [5, 5.41) is 24.8. The number of hydrogen-bond donors (Lipinski definition) is 3. The van der Waals surface area contributed by atoms with E-state index in [2.05, 4.69) is 26.6 Å². The molecule has 0 spiro atoms. The molecule has 1 atom stereocenters. The number of urea groups is 1. The van der Waals surface area contributed by atoms with Gasteiger partial charge in [0.1, 0.15) is 0 Å². The number of aliphatic hydroxyl groups excluding tert-OH is 1. The lowest BCUT2D eigenvalue weighted by Gasteiger charge is -2.23. The molecule has 0 saturated carbocycles. The van der Waals surface area contributed by atoms with Gasteiger partial charge in [0, 0.05) is 22.2 Å². The maximum absolute atomic E-state index is 11.1. The number of carbonyl (C=O) groups is 1. The number of rotatable bonds is 1. The van der Waals surface area contributed by atoms with E-state index in [0.717, 1.165) is 0 Å². The maximum Gasteiger partial charge on any atom is 0.321 e. The highest BCUT2D eigenvalue weighted by atomic mass is 79.9. The minimum atomic E-state index is -1.25. The minimum absolute atomic E-state index is 0.164. The third-order valence-electron chi connectivity index (χ3n) is 2.12. The van der Waals surface area contributed by atoms with Crippen molar-refractivity contribution in [2.45, 2.75) is 6.23 Å². The van der Waals surface area contributed by atoms with E-state index < -0.39 is 17.2 Å². The van der Waals surface area contributed by atoms with Gasteiger partial charge < -0.3 is 15.7 Å². The summed E-state index contributed by atoms with van der Waals surface area (Å²) in [6.07, 6.45) is -1.25. The number of halogens is 1. The van der Waals surface area contributed by atoms with Crippen molar-refractivity contribution in [1.29, 1.82) is 0 Å². The van der Waals surface area contributed by atoms with Crippen molar-refractivity contribution in [2.24, 2.45) is 0 Å². The first-order valence-electron chi connectivity index (χ1n) is 4.22. The molecular formula is C8H6BrN3O4. The Hall–Kier alpha value is -1.67. The molecule has 1 aliphatic heterocycles. The lowest BCUT2D eigenvalue weighted by atomic mass is 10.1. The number of non-ortho nitro benzene ring substituents is 1. The summed E-state index contributed by atoms with van der Waals surface area (Å²) in [6, 6.07) is 1.91. The number of nitrogens with one attached hydrogen (secondary N) is 2. The summed E-state index contributed by atoms with van der Waals surface area (Å²) in [5.41, 5.74) is 0.421. The molecule has 0 saturated heterocycles. The molecule has 7 nitrogen and oxygen atoms in total. The number of nitro groups is 1. The van der Waals surface area contributed by atoms with Gasteiger partial charge in [-0.05, 0) is 15.9 Å². The smallest absolute Gasteiger partial charge is 0.321 e. The summed E-state index contributed by atoms with van der Waals surface area (Å²) < 4.78 is 0.352. The van der Waals surface area contributed by atoms with E-state index in [1.807, 2.05) is 0 Å². The van der Waals surface area contributed by atoms with E-state index in [4.69, 9.17) is 0 Å². The Kier molecular flexibility index (Phi) is 2.52. The molecule has 1 heterocycles. The molecule has 2 amide bonds. The quantitative estimate of drug-likeness (QED) is 0.537. The molecule has 0 radical (unpaired) electrons. The lowest BCUT2D eigenvalue weighted by Crippen LogP contribution is -2.37. The standard InChI is InChI=1S/C8H6BrN3O4/c9-5-2-3(12(15)16)1-4-6(5)10-8(14)11-7(4)13/h1-2,7,13H,(H2,10,11,14). The third kappa shape index (κ3) is 1.72. The first-order chi connectivity index (χ1) is 7.49. The number of aliphatic hydroxyl groups is 1. The Bertz CT molecular complexity index is 490. The van der Waals surface area contributed by atoms with Gasteiger partial charge in [0.05, 0.1) is 10.6 Å². The van der Waals surface area contributed by atoms with Crippen LogP contribution in [0.3, 0.4) is 0 Å². The van der Waals surface area contributed by atoms with Crippen LogP contribution in [0.25, 0.3) is 0 Å². The third-order valence-corrected chi connectivity index (χ3v) is 2.74. The van der Waals surface area contributed by atoms with Crippen LogP contribution in [0.5, 0.6) is 0 Å². The van der Waals surface area contributed by atoms with E-state index >= 15 is 0 Å². The van der Waals surface area contributed by atoms with Crippen molar-refractivity contribution in [3.05, 3.63) is 32.3 Å². The van der Waals surface area contributed by atoms with Crippen molar-refractivity contribution >= 4 is 33.3 Å². The number of hydrogen-bond acceptors (Lipinski definition) is 4. The second kappa shape index (κ2) is 3.72. The molecule has 0 bridgehead atoms.